The van der Waals surface area contributed by atoms with Gasteiger partial charge in [0, 0.05) is 18.0 Å². The summed E-state index contributed by atoms with van der Waals surface area (Å²) in [6, 6.07) is 10.2. The molecule has 102 valence electrons. The summed E-state index contributed by atoms with van der Waals surface area (Å²) in [5, 5.41) is 8.86. The first-order valence-electron chi connectivity index (χ1n) is 5.72. The Morgan fingerprint density at radius 1 is 1.20 bits per heavy atom. The molecule has 20 heavy (non-hydrogen) atoms. The zero-order chi connectivity index (χ0) is 13.4. The summed E-state index contributed by atoms with van der Waals surface area (Å²) in [7, 11) is 0. The maximum atomic E-state index is 10.8. The van der Waals surface area contributed by atoms with Crippen LogP contribution in [0.15, 0.2) is 48.8 Å². The molecule has 5 nitrogen and oxygen atoms in total. The number of imidazole rings is 1. The van der Waals surface area contributed by atoms with E-state index in [4.69, 9.17) is 10.8 Å². The summed E-state index contributed by atoms with van der Waals surface area (Å²) in [6.45, 7) is 0. The summed E-state index contributed by atoms with van der Waals surface area (Å²) < 4.78 is 1.84. The highest BCUT2D eigenvalue weighted by atomic mass is 79.9. The standard InChI is InChI=1S/C14H11N3O2.BrH/c15-11-2-1-7-17-8-12(16-13(11)17)9-3-5-10(6-4-9)14(18)19;/h1-8H,15H2,(H,18,19);1H. The molecule has 0 saturated carbocycles. The number of carboxylic acids is 1. The molecule has 2 heterocycles. The highest BCUT2D eigenvalue weighted by Crippen LogP contribution is 2.22. The third kappa shape index (κ3) is 2.37. The van der Waals surface area contributed by atoms with Crippen LogP contribution in [-0.2, 0) is 0 Å². The van der Waals surface area contributed by atoms with Crippen LogP contribution in [0.5, 0.6) is 0 Å². The summed E-state index contributed by atoms with van der Waals surface area (Å²) in [4.78, 5) is 15.2. The molecule has 0 aliphatic rings. The number of rotatable bonds is 2. The van der Waals surface area contributed by atoms with E-state index in [-0.39, 0.29) is 22.5 Å². The van der Waals surface area contributed by atoms with Crippen molar-refractivity contribution < 1.29 is 9.90 Å². The largest absolute Gasteiger partial charge is 0.478 e. The third-order valence-electron chi connectivity index (χ3n) is 2.94. The van der Waals surface area contributed by atoms with Crippen molar-refractivity contribution in [3.05, 3.63) is 54.4 Å². The van der Waals surface area contributed by atoms with Crippen LogP contribution in [0.2, 0.25) is 0 Å². The number of nitrogens with two attached hydrogens (primary N) is 1. The molecule has 2 aromatic heterocycles. The van der Waals surface area contributed by atoms with Gasteiger partial charge in [-0.25, -0.2) is 9.78 Å². The molecule has 1 aromatic carbocycles. The monoisotopic (exact) mass is 333 g/mol. The van der Waals surface area contributed by atoms with Crippen LogP contribution < -0.4 is 5.73 Å². The number of aromatic nitrogens is 2. The van der Waals surface area contributed by atoms with Crippen LogP contribution in [0.25, 0.3) is 16.9 Å². The molecule has 0 fully saturated rings. The van der Waals surface area contributed by atoms with Crippen LogP contribution >= 0.6 is 17.0 Å². The Bertz CT molecular complexity index is 766. The minimum atomic E-state index is -0.939. The molecule has 3 aromatic rings. The highest BCUT2D eigenvalue weighted by molar-refractivity contribution is 8.93. The van der Waals surface area contributed by atoms with Crippen LogP contribution in [0.1, 0.15) is 10.4 Å². The number of anilines is 1. The first-order chi connectivity index (χ1) is 9.15. The average Bonchev–Trinajstić information content (AvgIpc) is 2.84. The lowest BCUT2D eigenvalue weighted by atomic mass is 10.1. The van der Waals surface area contributed by atoms with Crippen molar-refractivity contribution in [1.29, 1.82) is 0 Å². The predicted octanol–water partition coefficient (Wildman–Crippen LogP) is 2.86. The van der Waals surface area contributed by atoms with Crippen molar-refractivity contribution in [1.82, 2.24) is 9.38 Å². The van der Waals surface area contributed by atoms with Crippen LogP contribution in [0, 0.1) is 0 Å². The van der Waals surface area contributed by atoms with Gasteiger partial charge in [0.25, 0.3) is 0 Å². The van der Waals surface area contributed by atoms with Crippen molar-refractivity contribution >= 4 is 34.3 Å². The summed E-state index contributed by atoms with van der Waals surface area (Å²) in [5.41, 5.74) is 9.02. The lowest BCUT2D eigenvalue weighted by molar-refractivity contribution is 0.0697. The fourth-order valence-corrected chi connectivity index (χ4v) is 1.96. The Morgan fingerprint density at radius 2 is 1.90 bits per heavy atom. The van der Waals surface area contributed by atoms with E-state index in [1.54, 1.807) is 30.3 Å². The minimum absolute atomic E-state index is 0. The normalized spacial score (nSPS) is 10.2. The zero-order valence-corrected chi connectivity index (χ0v) is 12.1. The van der Waals surface area contributed by atoms with Gasteiger partial charge < -0.3 is 15.2 Å². The van der Waals surface area contributed by atoms with Crippen LogP contribution in [0.4, 0.5) is 5.69 Å². The number of benzene rings is 1. The molecule has 0 amide bonds. The molecule has 0 atom stereocenters. The van der Waals surface area contributed by atoms with Gasteiger partial charge in [-0.2, -0.15) is 0 Å². The fraction of sp³-hybridized carbons (Fsp3) is 0. The Hall–Kier alpha value is -2.34. The zero-order valence-electron chi connectivity index (χ0n) is 10.4. The van der Waals surface area contributed by atoms with E-state index >= 15 is 0 Å². The number of carbonyl (C=O) groups is 1. The SMILES string of the molecule is Br.Nc1cccn2cc(-c3ccc(C(=O)O)cc3)nc12. The lowest BCUT2D eigenvalue weighted by Crippen LogP contribution is -1.94. The second-order valence-electron chi connectivity index (χ2n) is 4.20. The number of nitrogen functional groups attached to an aromatic ring is 1. The molecular formula is C14H12BrN3O2. The molecule has 0 radical (unpaired) electrons. The second-order valence-corrected chi connectivity index (χ2v) is 4.20. The van der Waals surface area contributed by atoms with Crippen LogP contribution in [-0.4, -0.2) is 20.5 Å². The topological polar surface area (TPSA) is 80.6 Å². The molecule has 0 aliphatic carbocycles. The van der Waals surface area contributed by atoms with Gasteiger partial charge in [-0.1, -0.05) is 12.1 Å². The molecule has 0 saturated heterocycles. The number of hydrogen-bond donors (Lipinski definition) is 2. The Balaban J connectivity index is 0.00000147. The van der Waals surface area contributed by atoms with E-state index in [9.17, 15) is 4.79 Å². The van der Waals surface area contributed by atoms with Gasteiger partial charge in [0.2, 0.25) is 0 Å². The molecule has 3 N–H and O–H groups in total. The smallest absolute Gasteiger partial charge is 0.335 e. The Morgan fingerprint density at radius 3 is 2.50 bits per heavy atom. The highest BCUT2D eigenvalue weighted by Gasteiger charge is 2.07. The second kappa shape index (κ2) is 5.34. The van der Waals surface area contributed by atoms with E-state index in [2.05, 4.69) is 4.98 Å². The van der Waals surface area contributed by atoms with Gasteiger partial charge in [0.15, 0.2) is 5.65 Å². The van der Waals surface area contributed by atoms with Crippen molar-refractivity contribution in [2.24, 2.45) is 0 Å². The van der Waals surface area contributed by atoms with Gasteiger partial charge in [-0.3, -0.25) is 0 Å². The fourth-order valence-electron chi connectivity index (χ4n) is 1.96. The maximum absolute atomic E-state index is 10.8. The van der Waals surface area contributed by atoms with E-state index in [1.807, 2.05) is 22.9 Å². The molecule has 0 spiro atoms. The van der Waals surface area contributed by atoms with Gasteiger partial charge in [-0.05, 0) is 24.3 Å². The number of nitrogens with zero attached hydrogens (tertiary/aromatic N) is 2. The number of carboxylic acid groups (broad SMARTS) is 1. The molecule has 0 unspecified atom stereocenters. The first-order valence-corrected chi connectivity index (χ1v) is 5.72. The first kappa shape index (κ1) is 14.1. The number of hydrogen-bond acceptors (Lipinski definition) is 3. The maximum Gasteiger partial charge on any atom is 0.335 e. The number of aromatic carboxylic acids is 1. The molecule has 0 aliphatic heterocycles. The minimum Gasteiger partial charge on any atom is -0.478 e. The van der Waals surface area contributed by atoms with Gasteiger partial charge >= 0.3 is 5.97 Å². The summed E-state index contributed by atoms with van der Waals surface area (Å²) >= 11 is 0. The average molecular weight is 334 g/mol. The predicted molar refractivity (Wildman–Crippen MR) is 82.3 cm³/mol. The molecular weight excluding hydrogens is 322 g/mol. The van der Waals surface area contributed by atoms with Gasteiger partial charge in [0.05, 0.1) is 16.9 Å². The van der Waals surface area contributed by atoms with E-state index < -0.39 is 5.97 Å². The quantitative estimate of drug-likeness (QED) is 0.755. The van der Waals surface area contributed by atoms with E-state index in [1.165, 1.54) is 0 Å². The van der Waals surface area contributed by atoms with Crippen molar-refractivity contribution in [2.75, 3.05) is 5.73 Å². The van der Waals surface area contributed by atoms with Gasteiger partial charge in [-0.15, -0.1) is 17.0 Å². The van der Waals surface area contributed by atoms with Crippen molar-refractivity contribution in [3.8, 4) is 11.3 Å². The van der Waals surface area contributed by atoms with Crippen molar-refractivity contribution in [2.45, 2.75) is 0 Å². The lowest BCUT2D eigenvalue weighted by Gasteiger charge is -1.97. The summed E-state index contributed by atoms with van der Waals surface area (Å²) in [5.74, 6) is -0.939. The third-order valence-corrected chi connectivity index (χ3v) is 2.94. The van der Waals surface area contributed by atoms with Crippen molar-refractivity contribution in [3.63, 3.8) is 0 Å². The molecule has 3 rings (SSSR count). The number of fused-ring (bicyclic) bond motifs is 1. The summed E-state index contributed by atoms with van der Waals surface area (Å²) in [6.07, 6.45) is 3.73. The molecule has 0 bridgehead atoms. The number of halogens is 1. The Labute approximate surface area is 125 Å². The Kier molecular flexibility index (Phi) is 3.76. The van der Waals surface area contributed by atoms with Crippen LogP contribution in [0.3, 0.4) is 0 Å². The van der Waals surface area contributed by atoms with E-state index in [0.29, 0.717) is 11.3 Å². The number of pyridine rings is 1. The van der Waals surface area contributed by atoms with E-state index in [0.717, 1.165) is 11.3 Å². The van der Waals surface area contributed by atoms with Gasteiger partial charge in [0.1, 0.15) is 0 Å². The molecule has 6 heteroatoms.